The number of aryl methyl sites for hydroxylation is 1. The van der Waals surface area contributed by atoms with Gasteiger partial charge in [-0.15, -0.1) is 0 Å². The van der Waals surface area contributed by atoms with E-state index >= 15 is 0 Å². The highest BCUT2D eigenvalue weighted by atomic mass is 15.1. The van der Waals surface area contributed by atoms with Crippen LogP contribution in [-0.2, 0) is 6.54 Å². The zero-order valence-corrected chi connectivity index (χ0v) is 14.2. The van der Waals surface area contributed by atoms with Gasteiger partial charge in [-0.05, 0) is 57.7 Å². The average molecular weight is 276 g/mol. The summed E-state index contributed by atoms with van der Waals surface area (Å²) in [7, 11) is 0. The van der Waals surface area contributed by atoms with Crippen molar-refractivity contribution in [2.75, 3.05) is 18.0 Å². The maximum atomic E-state index is 3.55. The maximum Gasteiger partial charge on any atom is 0.0396 e. The van der Waals surface area contributed by atoms with Crippen LogP contribution in [0.25, 0.3) is 0 Å². The van der Waals surface area contributed by atoms with E-state index in [1.54, 1.807) is 0 Å². The molecule has 0 amide bonds. The number of hydrogen-bond donors (Lipinski definition) is 1. The molecule has 2 nitrogen and oxygen atoms in total. The minimum Gasteiger partial charge on any atom is -0.371 e. The van der Waals surface area contributed by atoms with Crippen LogP contribution in [-0.4, -0.2) is 18.6 Å². The molecular formula is C18H32N2. The van der Waals surface area contributed by atoms with Crippen molar-refractivity contribution in [1.82, 2.24) is 5.32 Å². The molecule has 20 heavy (non-hydrogen) atoms. The van der Waals surface area contributed by atoms with Gasteiger partial charge in [0.25, 0.3) is 0 Å². The third kappa shape index (κ3) is 5.54. The summed E-state index contributed by atoms with van der Waals surface area (Å²) in [6, 6.07) is 6.88. The number of benzene rings is 1. The van der Waals surface area contributed by atoms with Crippen molar-refractivity contribution in [1.29, 1.82) is 0 Å². The molecule has 0 bridgehead atoms. The molecule has 1 aromatic rings. The fourth-order valence-corrected chi connectivity index (χ4v) is 2.44. The summed E-state index contributed by atoms with van der Waals surface area (Å²) in [5.41, 5.74) is 4.32. The van der Waals surface area contributed by atoms with Gasteiger partial charge in [-0.2, -0.15) is 0 Å². The fourth-order valence-electron chi connectivity index (χ4n) is 2.44. The van der Waals surface area contributed by atoms with E-state index in [4.69, 9.17) is 0 Å². The molecule has 2 heteroatoms. The Bertz CT molecular complexity index is 398. The Kier molecular flexibility index (Phi) is 6.54. The van der Waals surface area contributed by atoms with Crippen molar-refractivity contribution < 1.29 is 0 Å². The molecule has 0 heterocycles. The zero-order chi connectivity index (χ0) is 15.2. The van der Waals surface area contributed by atoms with Crippen LogP contribution in [0.1, 0.15) is 58.6 Å². The molecule has 0 aliphatic heterocycles. The van der Waals surface area contributed by atoms with E-state index in [-0.39, 0.29) is 5.54 Å². The van der Waals surface area contributed by atoms with E-state index in [0.29, 0.717) is 0 Å². The SMILES string of the molecule is CCCN(CCC)c1ccc(CNC(C)(C)C)cc1C. The predicted octanol–water partition coefficient (Wildman–Crippen LogP) is 4.51. The number of hydrogen-bond acceptors (Lipinski definition) is 2. The van der Waals surface area contributed by atoms with Gasteiger partial charge < -0.3 is 10.2 Å². The van der Waals surface area contributed by atoms with E-state index < -0.39 is 0 Å². The molecule has 1 rings (SSSR count). The van der Waals surface area contributed by atoms with Crippen molar-refractivity contribution in [3.05, 3.63) is 29.3 Å². The lowest BCUT2D eigenvalue weighted by Gasteiger charge is -2.26. The van der Waals surface area contributed by atoms with Crippen LogP contribution < -0.4 is 10.2 Å². The summed E-state index contributed by atoms with van der Waals surface area (Å²) in [6.07, 6.45) is 2.40. The largest absolute Gasteiger partial charge is 0.371 e. The van der Waals surface area contributed by atoms with Gasteiger partial charge in [0, 0.05) is 30.9 Å². The van der Waals surface area contributed by atoms with E-state index in [1.165, 1.54) is 29.7 Å². The molecule has 0 saturated heterocycles. The zero-order valence-electron chi connectivity index (χ0n) is 14.2. The molecule has 0 aliphatic carbocycles. The van der Waals surface area contributed by atoms with Crippen LogP contribution in [0.3, 0.4) is 0 Å². The van der Waals surface area contributed by atoms with Crippen LogP contribution >= 0.6 is 0 Å². The Morgan fingerprint density at radius 2 is 1.65 bits per heavy atom. The molecule has 0 radical (unpaired) electrons. The highest BCUT2D eigenvalue weighted by Gasteiger charge is 2.11. The Morgan fingerprint density at radius 1 is 1.05 bits per heavy atom. The third-order valence-corrected chi connectivity index (χ3v) is 3.41. The minimum atomic E-state index is 0.170. The summed E-state index contributed by atoms with van der Waals surface area (Å²) >= 11 is 0. The Morgan fingerprint density at radius 3 is 2.10 bits per heavy atom. The highest BCUT2D eigenvalue weighted by molar-refractivity contribution is 5.54. The van der Waals surface area contributed by atoms with Crippen molar-refractivity contribution in [3.8, 4) is 0 Å². The lowest BCUT2D eigenvalue weighted by Crippen LogP contribution is -2.35. The van der Waals surface area contributed by atoms with Crippen LogP contribution in [0.5, 0.6) is 0 Å². The molecular weight excluding hydrogens is 244 g/mol. The van der Waals surface area contributed by atoms with E-state index in [2.05, 4.69) is 70.0 Å². The first kappa shape index (κ1) is 17.0. The Labute approximate surface area is 125 Å². The Balaban J connectivity index is 2.80. The van der Waals surface area contributed by atoms with E-state index in [1.807, 2.05) is 0 Å². The van der Waals surface area contributed by atoms with Gasteiger partial charge >= 0.3 is 0 Å². The predicted molar refractivity (Wildman–Crippen MR) is 90.6 cm³/mol. The molecule has 0 saturated carbocycles. The number of rotatable bonds is 7. The van der Waals surface area contributed by atoms with Gasteiger partial charge in [-0.3, -0.25) is 0 Å². The van der Waals surface area contributed by atoms with Gasteiger partial charge in [0.2, 0.25) is 0 Å². The molecule has 1 N–H and O–H groups in total. The van der Waals surface area contributed by atoms with Crippen molar-refractivity contribution in [2.24, 2.45) is 0 Å². The second-order valence-electron chi connectivity index (χ2n) is 6.71. The van der Waals surface area contributed by atoms with Crippen LogP contribution in [0, 0.1) is 6.92 Å². The van der Waals surface area contributed by atoms with Gasteiger partial charge in [0.15, 0.2) is 0 Å². The molecule has 1 aromatic carbocycles. The normalized spacial score (nSPS) is 11.7. The average Bonchev–Trinajstić information content (AvgIpc) is 2.35. The van der Waals surface area contributed by atoms with Gasteiger partial charge in [-0.1, -0.05) is 26.0 Å². The van der Waals surface area contributed by atoms with Crippen LogP contribution in [0.2, 0.25) is 0 Å². The van der Waals surface area contributed by atoms with Crippen molar-refractivity contribution in [3.63, 3.8) is 0 Å². The lowest BCUT2D eigenvalue weighted by molar-refractivity contribution is 0.424. The van der Waals surface area contributed by atoms with Crippen molar-refractivity contribution >= 4 is 5.69 Å². The molecule has 0 atom stereocenters. The van der Waals surface area contributed by atoms with E-state index in [9.17, 15) is 0 Å². The summed E-state index contributed by atoms with van der Waals surface area (Å²) in [4.78, 5) is 2.51. The molecule has 0 fully saturated rings. The lowest BCUT2D eigenvalue weighted by atomic mass is 10.1. The third-order valence-electron chi connectivity index (χ3n) is 3.41. The summed E-state index contributed by atoms with van der Waals surface area (Å²) in [5.74, 6) is 0. The van der Waals surface area contributed by atoms with Gasteiger partial charge in [0.1, 0.15) is 0 Å². The minimum absolute atomic E-state index is 0.170. The van der Waals surface area contributed by atoms with Crippen LogP contribution in [0.15, 0.2) is 18.2 Å². The van der Waals surface area contributed by atoms with Crippen molar-refractivity contribution in [2.45, 2.75) is 66.5 Å². The molecule has 0 unspecified atom stereocenters. The quantitative estimate of drug-likeness (QED) is 0.788. The second-order valence-corrected chi connectivity index (χ2v) is 6.71. The Hall–Kier alpha value is -1.02. The summed E-state index contributed by atoms with van der Waals surface area (Å²) in [5, 5.41) is 3.55. The second kappa shape index (κ2) is 7.68. The topological polar surface area (TPSA) is 15.3 Å². The van der Waals surface area contributed by atoms with Crippen LogP contribution in [0.4, 0.5) is 5.69 Å². The number of nitrogens with zero attached hydrogens (tertiary/aromatic N) is 1. The molecule has 0 aromatic heterocycles. The van der Waals surface area contributed by atoms with E-state index in [0.717, 1.165) is 19.6 Å². The van der Waals surface area contributed by atoms with Gasteiger partial charge in [-0.25, -0.2) is 0 Å². The van der Waals surface area contributed by atoms with Gasteiger partial charge in [0.05, 0.1) is 0 Å². The first-order chi connectivity index (χ1) is 9.37. The first-order valence-electron chi connectivity index (χ1n) is 7.97. The molecule has 114 valence electrons. The number of anilines is 1. The smallest absolute Gasteiger partial charge is 0.0396 e. The monoisotopic (exact) mass is 276 g/mol. The fraction of sp³-hybridized carbons (Fsp3) is 0.667. The standard InChI is InChI=1S/C18H32N2/c1-7-11-20(12-8-2)17-10-9-16(13-15(17)3)14-19-18(4,5)6/h9-10,13,19H,7-8,11-12,14H2,1-6H3. The summed E-state index contributed by atoms with van der Waals surface area (Å²) < 4.78 is 0. The summed E-state index contributed by atoms with van der Waals surface area (Å²) in [6.45, 7) is 16.6. The molecule has 0 aliphatic rings. The number of nitrogens with one attached hydrogen (secondary N) is 1. The molecule has 0 spiro atoms. The highest BCUT2D eigenvalue weighted by Crippen LogP contribution is 2.22. The first-order valence-corrected chi connectivity index (χ1v) is 7.97. The maximum absolute atomic E-state index is 3.55.